The van der Waals surface area contributed by atoms with E-state index < -0.39 is 0 Å². The molecule has 1 aliphatic heterocycles. The molecule has 2 aromatic carbocycles. The molecule has 0 spiro atoms. The molecule has 3 heteroatoms. The van der Waals surface area contributed by atoms with Gasteiger partial charge in [-0.3, -0.25) is 0 Å². The second kappa shape index (κ2) is 4.63. The van der Waals surface area contributed by atoms with E-state index in [4.69, 9.17) is 9.15 Å². The number of benzene rings is 2. The zero-order chi connectivity index (χ0) is 14.2. The van der Waals surface area contributed by atoms with Gasteiger partial charge in [-0.1, -0.05) is 36.4 Å². The van der Waals surface area contributed by atoms with Crippen molar-refractivity contribution in [1.82, 2.24) is 0 Å². The molecule has 3 nitrogen and oxygen atoms in total. The van der Waals surface area contributed by atoms with Gasteiger partial charge in [0.25, 0.3) is 0 Å². The van der Waals surface area contributed by atoms with Crippen LogP contribution in [-0.4, -0.2) is 0 Å². The van der Waals surface area contributed by atoms with Gasteiger partial charge in [0.05, 0.1) is 6.26 Å². The highest BCUT2D eigenvalue weighted by atomic mass is 16.5. The molecule has 0 amide bonds. The number of allylic oxidation sites excluding steroid dienone is 1. The maximum absolute atomic E-state index is 12.3. The van der Waals surface area contributed by atoms with Crippen molar-refractivity contribution < 1.29 is 9.15 Å². The van der Waals surface area contributed by atoms with Crippen LogP contribution in [-0.2, 0) is 0 Å². The van der Waals surface area contributed by atoms with Crippen molar-refractivity contribution in [2.45, 2.75) is 5.92 Å². The summed E-state index contributed by atoms with van der Waals surface area (Å²) in [5.74, 6) is 0.633. The van der Waals surface area contributed by atoms with Crippen LogP contribution in [0.1, 0.15) is 17.0 Å². The standard InChI is InChI=1S/C18H12O3/c19-18-15(11-12-5-1-3-7-16(12)21-18)13-9-10-20-17-8-4-2-6-14(13)17/h1-11,13H. The van der Waals surface area contributed by atoms with Gasteiger partial charge < -0.3 is 9.15 Å². The molecule has 1 atom stereocenters. The minimum Gasteiger partial charge on any atom is -0.465 e. The van der Waals surface area contributed by atoms with Gasteiger partial charge in [-0.2, -0.15) is 0 Å². The van der Waals surface area contributed by atoms with Crippen LogP contribution in [0.25, 0.3) is 11.0 Å². The molecule has 2 heterocycles. The van der Waals surface area contributed by atoms with Crippen LogP contribution >= 0.6 is 0 Å². The van der Waals surface area contributed by atoms with Crippen LogP contribution in [0.5, 0.6) is 5.75 Å². The van der Waals surface area contributed by atoms with E-state index in [9.17, 15) is 4.79 Å². The molecule has 1 unspecified atom stereocenters. The number of rotatable bonds is 1. The van der Waals surface area contributed by atoms with Crippen molar-refractivity contribution in [3.8, 4) is 5.75 Å². The third-order valence-corrected chi connectivity index (χ3v) is 3.72. The molecular weight excluding hydrogens is 264 g/mol. The molecular formula is C18H12O3. The molecule has 102 valence electrons. The SMILES string of the molecule is O=c1oc2ccccc2cc1C1C=COc2ccccc21. The van der Waals surface area contributed by atoms with Crippen molar-refractivity contribution in [2.24, 2.45) is 0 Å². The molecule has 21 heavy (non-hydrogen) atoms. The average molecular weight is 276 g/mol. The second-order valence-corrected chi connectivity index (χ2v) is 4.99. The Kier molecular flexibility index (Phi) is 2.64. The summed E-state index contributed by atoms with van der Waals surface area (Å²) in [5, 5.41) is 0.921. The highest BCUT2D eigenvalue weighted by molar-refractivity contribution is 5.77. The minimum atomic E-state index is -0.306. The van der Waals surface area contributed by atoms with Crippen LogP contribution in [0.3, 0.4) is 0 Å². The maximum Gasteiger partial charge on any atom is 0.340 e. The summed E-state index contributed by atoms with van der Waals surface area (Å²) in [6.45, 7) is 0. The zero-order valence-corrected chi connectivity index (χ0v) is 11.2. The van der Waals surface area contributed by atoms with Crippen LogP contribution in [0.15, 0.2) is 76.1 Å². The van der Waals surface area contributed by atoms with Crippen molar-refractivity contribution in [1.29, 1.82) is 0 Å². The normalized spacial score (nSPS) is 16.5. The lowest BCUT2D eigenvalue weighted by Gasteiger charge is -2.20. The summed E-state index contributed by atoms with van der Waals surface area (Å²) >= 11 is 0. The van der Waals surface area contributed by atoms with Crippen LogP contribution in [0.4, 0.5) is 0 Å². The van der Waals surface area contributed by atoms with E-state index in [0.29, 0.717) is 11.1 Å². The average Bonchev–Trinajstić information content (AvgIpc) is 2.54. The number of ether oxygens (including phenoxy) is 1. The molecule has 0 bridgehead atoms. The first kappa shape index (κ1) is 12.0. The zero-order valence-electron chi connectivity index (χ0n) is 11.2. The van der Waals surface area contributed by atoms with E-state index in [-0.39, 0.29) is 11.5 Å². The van der Waals surface area contributed by atoms with Gasteiger partial charge in [0.2, 0.25) is 0 Å². The largest absolute Gasteiger partial charge is 0.465 e. The Morgan fingerprint density at radius 2 is 1.71 bits per heavy atom. The van der Waals surface area contributed by atoms with Gasteiger partial charge in [-0.15, -0.1) is 0 Å². The van der Waals surface area contributed by atoms with E-state index in [1.54, 1.807) is 12.3 Å². The molecule has 4 rings (SSSR count). The first-order valence-corrected chi connectivity index (χ1v) is 6.78. The van der Waals surface area contributed by atoms with Crippen LogP contribution < -0.4 is 10.4 Å². The fraction of sp³-hybridized carbons (Fsp3) is 0.0556. The van der Waals surface area contributed by atoms with Gasteiger partial charge >= 0.3 is 5.63 Å². The molecule has 0 saturated heterocycles. The number of hydrogen-bond donors (Lipinski definition) is 0. The smallest absolute Gasteiger partial charge is 0.340 e. The first-order chi connectivity index (χ1) is 10.3. The molecule has 0 radical (unpaired) electrons. The predicted octanol–water partition coefficient (Wildman–Crippen LogP) is 3.83. The Balaban J connectivity index is 1.94. The number of fused-ring (bicyclic) bond motifs is 2. The summed E-state index contributed by atoms with van der Waals surface area (Å²) in [4.78, 5) is 12.3. The highest BCUT2D eigenvalue weighted by Gasteiger charge is 2.22. The van der Waals surface area contributed by atoms with Crippen molar-refractivity contribution in [2.75, 3.05) is 0 Å². The molecule has 0 aliphatic carbocycles. The lowest BCUT2D eigenvalue weighted by Crippen LogP contribution is -2.14. The van der Waals surface area contributed by atoms with Gasteiger partial charge in [0, 0.05) is 22.4 Å². The quantitative estimate of drug-likeness (QED) is 0.634. The molecule has 0 fully saturated rings. The highest BCUT2D eigenvalue weighted by Crippen LogP contribution is 2.35. The van der Waals surface area contributed by atoms with E-state index in [1.807, 2.05) is 54.6 Å². The Labute approximate surface area is 121 Å². The summed E-state index contributed by atoms with van der Waals surface area (Å²) in [7, 11) is 0. The minimum absolute atomic E-state index is 0.143. The molecule has 1 aromatic heterocycles. The Morgan fingerprint density at radius 1 is 0.905 bits per heavy atom. The molecule has 0 saturated carbocycles. The van der Waals surface area contributed by atoms with E-state index in [0.717, 1.165) is 16.7 Å². The monoisotopic (exact) mass is 276 g/mol. The number of para-hydroxylation sites is 2. The third-order valence-electron chi connectivity index (χ3n) is 3.72. The van der Waals surface area contributed by atoms with Gasteiger partial charge in [-0.05, 0) is 24.3 Å². The van der Waals surface area contributed by atoms with E-state index in [2.05, 4.69) is 0 Å². The second-order valence-electron chi connectivity index (χ2n) is 4.99. The van der Waals surface area contributed by atoms with Gasteiger partial charge in [0.15, 0.2) is 0 Å². The van der Waals surface area contributed by atoms with Gasteiger partial charge in [-0.25, -0.2) is 4.79 Å². The summed E-state index contributed by atoms with van der Waals surface area (Å²) in [6, 6.07) is 17.2. The first-order valence-electron chi connectivity index (χ1n) is 6.78. The lowest BCUT2D eigenvalue weighted by atomic mass is 9.90. The predicted molar refractivity (Wildman–Crippen MR) is 80.5 cm³/mol. The topological polar surface area (TPSA) is 39.4 Å². The Morgan fingerprint density at radius 3 is 2.67 bits per heavy atom. The van der Waals surface area contributed by atoms with Crippen LogP contribution in [0, 0.1) is 0 Å². The molecule has 3 aromatic rings. The van der Waals surface area contributed by atoms with Crippen molar-refractivity contribution >= 4 is 11.0 Å². The number of hydrogen-bond acceptors (Lipinski definition) is 3. The van der Waals surface area contributed by atoms with E-state index >= 15 is 0 Å². The fourth-order valence-electron chi connectivity index (χ4n) is 2.71. The van der Waals surface area contributed by atoms with Crippen molar-refractivity contribution in [3.05, 3.63) is 88.5 Å². The Bertz CT molecular complexity index is 905. The maximum atomic E-state index is 12.3. The van der Waals surface area contributed by atoms with Crippen molar-refractivity contribution in [3.63, 3.8) is 0 Å². The third kappa shape index (κ3) is 1.94. The molecule has 1 aliphatic rings. The fourth-order valence-corrected chi connectivity index (χ4v) is 2.71. The lowest BCUT2D eigenvalue weighted by molar-refractivity contribution is 0.456. The van der Waals surface area contributed by atoms with Gasteiger partial charge in [0.1, 0.15) is 11.3 Å². The molecule has 0 N–H and O–H groups in total. The summed E-state index contributed by atoms with van der Waals surface area (Å²) in [5.41, 5.74) is 1.90. The van der Waals surface area contributed by atoms with E-state index in [1.165, 1.54) is 0 Å². The Hall–Kier alpha value is -2.81. The van der Waals surface area contributed by atoms with Crippen LogP contribution in [0.2, 0.25) is 0 Å². The summed E-state index contributed by atoms with van der Waals surface area (Å²) < 4.78 is 10.9. The summed E-state index contributed by atoms with van der Waals surface area (Å²) in [6.07, 6.45) is 3.50.